The van der Waals surface area contributed by atoms with Crippen LogP contribution in [0.1, 0.15) is 12.5 Å². The highest BCUT2D eigenvalue weighted by atomic mass is 79.9. The van der Waals surface area contributed by atoms with Crippen molar-refractivity contribution in [2.24, 2.45) is 0 Å². The number of halogens is 3. The second kappa shape index (κ2) is 5.94. The lowest BCUT2D eigenvalue weighted by Gasteiger charge is -2.13. The molecule has 19 heavy (non-hydrogen) atoms. The molecule has 4 nitrogen and oxygen atoms in total. The highest BCUT2D eigenvalue weighted by Gasteiger charge is 2.12. The maximum absolute atomic E-state index is 6.18. The Kier molecular flexibility index (Phi) is 4.50. The quantitative estimate of drug-likeness (QED) is 0.793. The lowest BCUT2D eigenvalue weighted by Crippen LogP contribution is -2.04. The summed E-state index contributed by atoms with van der Waals surface area (Å²) in [6.45, 7) is 1.98. The second-order valence-corrected chi connectivity index (χ2v) is 5.40. The molecule has 0 fully saturated rings. The molecule has 0 bridgehead atoms. The van der Waals surface area contributed by atoms with Gasteiger partial charge in [-0.3, -0.25) is 0 Å². The molecule has 0 radical (unpaired) electrons. The maximum Gasteiger partial charge on any atom is 0.139 e. The van der Waals surface area contributed by atoms with Crippen LogP contribution in [0.25, 0.3) is 0 Å². The number of anilines is 3. The summed E-state index contributed by atoms with van der Waals surface area (Å²) in [6.07, 6.45) is 2.13. The number of rotatable bonds is 3. The Morgan fingerprint density at radius 1 is 1.26 bits per heavy atom. The number of benzene rings is 1. The first-order valence-electron chi connectivity index (χ1n) is 5.54. The highest BCUT2D eigenvalue weighted by Crippen LogP contribution is 2.37. The summed E-state index contributed by atoms with van der Waals surface area (Å²) >= 11 is 15.6. The van der Waals surface area contributed by atoms with Crippen molar-refractivity contribution < 1.29 is 0 Å². The predicted molar refractivity (Wildman–Crippen MR) is 83.3 cm³/mol. The van der Waals surface area contributed by atoms with Crippen LogP contribution < -0.4 is 11.1 Å². The molecule has 0 amide bonds. The van der Waals surface area contributed by atoms with Crippen molar-refractivity contribution in [3.05, 3.63) is 38.5 Å². The molecule has 2 rings (SSSR count). The Bertz CT molecular complexity index is 619. The summed E-state index contributed by atoms with van der Waals surface area (Å²) in [4.78, 5) is 8.15. The maximum atomic E-state index is 6.18. The van der Waals surface area contributed by atoms with Crippen LogP contribution in [0.5, 0.6) is 0 Å². The summed E-state index contributed by atoms with van der Waals surface area (Å²) < 4.78 is 0.739. The van der Waals surface area contributed by atoms with Gasteiger partial charge in [-0.25, -0.2) is 9.97 Å². The first kappa shape index (κ1) is 14.4. The molecule has 0 aliphatic carbocycles. The lowest BCUT2D eigenvalue weighted by atomic mass is 10.2. The molecule has 2 aromatic rings. The summed E-state index contributed by atoms with van der Waals surface area (Å²) in [5.41, 5.74) is 7.33. The Balaban J connectivity index is 2.42. The van der Waals surface area contributed by atoms with Crippen LogP contribution in [0.2, 0.25) is 10.0 Å². The molecule has 3 N–H and O–H groups in total. The van der Waals surface area contributed by atoms with E-state index < -0.39 is 0 Å². The first-order valence-corrected chi connectivity index (χ1v) is 7.09. The van der Waals surface area contributed by atoms with Gasteiger partial charge in [0.05, 0.1) is 15.7 Å². The van der Waals surface area contributed by atoms with E-state index in [2.05, 4.69) is 31.2 Å². The second-order valence-electron chi connectivity index (χ2n) is 3.79. The van der Waals surface area contributed by atoms with E-state index in [9.17, 15) is 0 Å². The van der Waals surface area contributed by atoms with Crippen LogP contribution >= 0.6 is 39.1 Å². The van der Waals surface area contributed by atoms with Gasteiger partial charge in [-0.1, -0.05) is 30.1 Å². The summed E-state index contributed by atoms with van der Waals surface area (Å²) in [6, 6.07) is 3.63. The van der Waals surface area contributed by atoms with Crippen molar-refractivity contribution in [2.45, 2.75) is 13.3 Å². The Morgan fingerprint density at radius 2 is 2.00 bits per heavy atom. The molecular weight excluding hydrogens is 351 g/mol. The van der Waals surface area contributed by atoms with E-state index >= 15 is 0 Å². The minimum absolute atomic E-state index is 0.426. The van der Waals surface area contributed by atoms with Crippen molar-refractivity contribution in [2.75, 3.05) is 11.1 Å². The molecule has 1 aromatic heterocycles. The topological polar surface area (TPSA) is 63.8 Å². The molecule has 100 valence electrons. The van der Waals surface area contributed by atoms with Crippen LogP contribution in [0.4, 0.5) is 17.3 Å². The minimum atomic E-state index is 0.426. The first-order chi connectivity index (χ1) is 9.04. The summed E-state index contributed by atoms with van der Waals surface area (Å²) in [5.74, 6) is 1.09. The van der Waals surface area contributed by atoms with E-state index in [1.807, 2.05) is 19.1 Å². The predicted octanol–water partition coefficient (Wildman–Crippen LogP) is 4.43. The monoisotopic (exact) mass is 360 g/mol. The molecule has 1 aromatic carbocycles. The number of nitrogens with one attached hydrogen (secondary N) is 1. The largest absolute Gasteiger partial charge is 0.383 e. The SMILES string of the molecule is CCc1c(N)ncnc1Nc1ccc(Br)c(Cl)c1Cl. The van der Waals surface area contributed by atoms with Gasteiger partial charge in [-0.15, -0.1) is 0 Å². The highest BCUT2D eigenvalue weighted by molar-refractivity contribution is 9.10. The molecule has 1 heterocycles. The Morgan fingerprint density at radius 3 is 2.68 bits per heavy atom. The third-order valence-corrected chi connectivity index (χ3v) is 4.39. The van der Waals surface area contributed by atoms with Crippen molar-refractivity contribution >= 4 is 56.5 Å². The van der Waals surface area contributed by atoms with Gasteiger partial charge in [0.15, 0.2) is 0 Å². The van der Waals surface area contributed by atoms with Crippen LogP contribution in [0.3, 0.4) is 0 Å². The molecule has 0 unspecified atom stereocenters. The molecule has 0 aliphatic rings. The standard InChI is InChI=1S/C12H11BrCl2N4/c1-2-6-11(16)17-5-18-12(6)19-8-4-3-7(13)9(14)10(8)15/h3-5H,2H2,1H3,(H3,16,17,18,19). The van der Waals surface area contributed by atoms with Crippen LogP contribution in [-0.2, 0) is 6.42 Å². The van der Waals surface area contributed by atoms with Crippen molar-refractivity contribution in [1.82, 2.24) is 9.97 Å². The zero-order chi connectivity index (χ0) is 14.0. The van der Waals surface area contributed by atoms with E-state index in [4.69, 9.17) is 28.9 Å². The fraction of sp³-hybridized carbons (Fsp3) is 0.167. The van der Waals surface area contributed by atoms with Crippen molar-refractivity contribution in [3.63, 3.8) is 0 Å². The van der Waals surface area contributed by atoms with Gasteiger partial charge in [-0.2, -0.15) is 0 Å². The van der Waals surface area contributed by atoms with Gasteiger partial charge in [0.25, 0.3) is 0 Å². The summed E-state index contributed by atoms with van der Waals surface area (Å²) in [5, 5.41) is 4.01. The zero-order valence-corrected chi connectivity index (χ0v) is 13.1. The number of hydrogen-bond donors (Lipinski definition) is 2. The average molecular weight is 362 g/mol. The molecule has 0 spiro atoms. The normalized spacial score (nSPS) is 10.5. The smallest absolute Gasteiger partial charge is 0.139 e. The third kappa shape index (κ3) is 2.94. The number of nitrogens with two attached hydrogens (primary N) is 1. The Labute approximate surface area is 129 Å². The average Bonchev–Trinajstić information content (AvgIpc) is 2.40. The van der Waals surface area contributed by atoms with E-state index in [0.717, 1.165) is 16.5 Å². The van der Waals surface area contributed by atoms with E-state index in [1.165, 1.54) is 6.33 Å². The fourth-order valence-corrected chi connectivity index (χ4v) is 2.45. The number of nitrogen functional groups attached to an aromatic ring is 1. The number of aromatic nitrogens is 2. The number of nitrogens with zero attached hydrogens (tertiary/aromatic N) is 2. The fourth-order valence-electron chi connectivity index (χ4n) is 1.63. The number of hydrogen-bond acceptors (Lipinski definition) is 4. The summed E-state index contributed by atoms with van der Waals surface area (Å²) in [7, 11) is 0. The minimum Gasteiger partial charge on any atom is -0.383 e. The van der Waals surface area contributed by atoms with E-state index in [1.54, 1.807) is 0 Å². The van der Waals surface area contributed by atoms with Crippen LogP contribution in [-0.4, -0.2) is 9.97 Å². The molecule has 0 saturated heterocycles. The van der Waals surface area contributed by atoms with E-state index in [0.29, 0.717) is 27.4 Å². The van der Waals surface area contributed by atoms with Gasteiger partial charge in [0.1, 0.15) is 18.0 Å². The zero-order valence-electron chi connectivity index (χ0n) is 10.0. The molecule has 0 atom stereocenters. The van der Waals surface area contributed by atoms with Gasteiger partial charge >= 0.3 is 0 Å². The molecule has 0 aliphatic heterocycles. The lowest BCUT2D eigenvalue weighted by molar-refractivity contribution is 1.06. The molecule has 7 heteroatoms. The van der Waals surface area contributed by atoms with Gasteiger partial charge in [0, 0.05) is 10.0 Å². The third-order valence-electron chi connectivity index (χ3n) is 2.62. The van der Waals surface area contributed by atoms with Crippen molar-refractivity contribution in [3.8, 4) is 0 Å². The van der Waals surface area contributed by atoms with Gasteiger partial charge in [0.2, 0.25) is 0 Å². The van der Waals surface area contributed by atoms with Crippen molar-refractivity contribution in [1.29, 1.82) is 0 Å². The van der Waals surface area contributed by atoms with Gasteiger partial charge < -0.3 is 11.1 Å². The molecule has 0 saturated carbocycles. The van der Waals surface area contributed by atoms with Crippen LogP contribution in [0, 0.1) is 0 Å². The Hall–Kier alpha value is -1.04. The van der Waals surface area contributed by atoms with E-state index in [-0.39, 0.29) is 0 Å². The van der Waals surface area contributed by atoms with Gasteiger partial charge in [-0.05, 0) is 34.5 Å². The molecular formula is C12H11BrCl2N4. The van der Waals surface area contributed by atoms with Crippen LogP contribution in [0.15, 0.2) is 22.9 Å².